The number of fused-ring (bicyclic) bond motifs is 1. The molecule has 6 heteroatoms. The molecule has 0 spiro atoms. The SMILES string of the molecule is [O-][n+]1ccccc1OCCCOc1ccc2c(c1)OCO2. The van der Waals surface area contributed by atoms with Crippen LogP contribution in [0.5, 0.6) is 23.1 Å². The normalized spacial score (nSPS) is 12.2. The second-order valence-electron chi connectivity index (χ2n) is 4.43. The lowest BCUT2D eigenvalue weighted by Crippen LogP contribution is -2.28. The van der Waals surface area contributed by atoms with Crippen LogP contribution in [0.2, 0.25) is 0 Å². The summed E-state index contributed by atoms with van der Waals surface area (Å²) in [6.07, 6.45) is 2.07. The van der Waals surface area contributed by atoms with Crippen molar-refractivity contribution in [2.45, 2.75) is 6.42 Å². The van der Waals surface area contributed by atoms with Gasteiger partial charge < -0.3 is 24.2 Å². The highest BCUT2D eigenvalue weighted by Crippen LogP contribution is 2.35. The summed E-state index contributed by atoms with van der Waals surface area (Å²) in [5.74, 6) is 2.44. The van der Waals surface area contributed by atoms with Crippen molar-refractivity contribution in [3.05, 3.63) is 47.8 Å². The third-order valence-corrected chi connectivity index (χ3v) is 2.94. The first-order valence-electron chi connectivity index (χ1n) is 6.66. The first-order chi connectivity index (χ1) is 10.3. The van der Waals surface area contributed by atoms with E-state index in [9.17, 15) is 5.21 Å². The van der Waals surface area contributed by atoms with Crippen LogP contribution >= 0.6 is 0 Å². The van der Waals surface area contributed by atoms with Gasteiger partial charge in [-0.15, -0.1) is 4.73 Å². The summed E-state index contributed by atoms with van der Waals surface area (Å²) in [5.41, 5.74) is 0. The van der Waals surface area contributed by atoms with Gasteiger partial charge in [0.1, 0.15) is 5.75 Å². The molecule has 0 N–H and O–H groups in total. The lowest BCUT2D eigenvalue weighted by Gasteiger charge is -2.08. The summed E-state index contributed by atoms with van der Waals surface area (Å²) in [5, 5.41) is 11.3. The van der Waals surface area contributed by atoms with Crippen LogP contribution in [-0.4, -0.2) is 20.0 Å². The molecule has 0 atom stereocenters. The average molecular weight is 289 g/mol. The van der Waals surface area contributed by atoms with Gasteiger partial charge in [0.05, 0.1) is 19.3 Å². The summed E-state index contributed by atoms with van der Waals surface area (Å²) < 4.78 is 22.2. The fraction of sp³-hybridized carbons (Fsp3) is 0.267. The highest BCUT2D eigenvalue weighted by molar-refractivity contribution is 5.46. The zero-order valence-electron chi connectivity index (χ0n) is 11.4. The van der Waals surface area contributed by atoms with E-state index in [-0.39, 0.29) is 6.79 Å². The Hall–Kier alpha value is -2.63. The Morgan fingerprint density at radius 1 is 1.05 bits per heavy atom. The number of aromatic nitrogens is 1. The monoisotopic (exact) mass is 289 g/mol. The summed E-state index contributed by atoms with van der Waals surface area (Å²) in [6, 6.07) is 10.5. The number of rotatable bonds is 6. The van der Waals surface area contributed by atoms with E-state index in [4.69, 9.17) is 18.9 Å². The van der Waals surface area contributed by atoms with Crippen molar-refractivity contribution in [2.24, 2.45) is 0 Å². The van der Waals surface area contributed by atoms with E-state index in [0.29, 0.717) is 36.0 Å². The van der Waals surface area contributed by atoms with Gasteiger partial charge in [-0.3, -0.25) is 0 Å². The molecule has 0 fully saturated rings. The molecule has 0 unspecified atom stereocenters. The third kappa shape index (κ3) is 3.28. The van der Waals surface area contributed by atoms with E-state index in [1.54, 1.807) is 24.3 Å². The lowest BCUT2D eigenvalue weighted by atomic mass is 10.3. The number of benzene rings is 1. The van der Waals surface area contributed by atoms with Crippen molar-refractivity contribution < 1.29 is 23.7 Å². The maximum absolute atomic E-state index is 11.3. The Kier molecular flexibility index (Phi) is 3.95. The average Bonchev–Trinajstić information content (AvgIpc) is 2.96. The van der Waals surface area contributed by atoms with Gasteiger partial charge in [0.15, 0.2) is 17.7 Å². The molecule has 2 heterocycles. The van der Waals surface area contributed by atoms with Gasteiger partial charge >= 0.3 is 5.88 Å². The summed E-state index contributed by atoms with van der Waals surface area (Å²) >= 11 is 0. The van der Waals surface area contributed by atoms with Crippen molar-refractivity contribution in [1.29, 1.82) is 0 Å². The van der Waals surface area contributed by atoms with Crippen LogP contribution in [0, 0.1) is 5.21 Å². The Labute approximate surface area is 122 Å². The fourth-order valence-electron chi connectivity index (χ4n) is 1.92. The lowest BCUT2D eigenvalue weighted by molar-refractivity contribution is -0.612. The van der Waals surface area contributed by atoms with Gasteiger partial charge in [-0.2, -0.15) is 0 Å². The van der Waals surface area contributed by atoms with Crippen molar-refractivity contribution in [1.82, 2.24) is 0 Å². The Balaban J connectivity index is 1.41. The van der Waals surface area contributed by atoms with Crippen molar-refractivity contribution in [2.75, 3.05) is 20.0 Å². The fourth-order valence-corrected chi connectivity index (χ4v) is 1.92. The van der Waals surface area contributed by atoms with Crippen LogP contribution in [0.15, 0.2) is 42.6 Å². The Morgan fingerprint density at radius 2 is 1.90 bits per heavy atom. The van der Waals surface area contributed by atoms with E-state index in [2.05, 4.69) is 0 Å². The van der Waals surface area contributed by atoms with Crippen molar-refractivity contribution in [3.8, 4) is 23.1 Å². The molecule has 1 aromatic heterocycles. The second-order valence-corrected chi connectivity index (χ2v) is 4.43. The van der Waals surface area contributed by atoms with Gasteiger partial charge in [-0.1, -0.05) is 0 Å². The van der Waals surface area contributed by atoms with Crippen molar-refractivity contribution >= 4 is 0 Å². The van der Waals surface area contributed by atoms with Crippen LogP contribution in [-0.2, 0) is 0 Å². The van der Waals surface area contributed by atoms with E-state index in [1.807, 2.05) is 12.1 Å². The molecular weight excluding hydrogens is 274 g/mol. The molecule has 110 valence electrons. The molecule has 0 bridgehead atoms. The maximum Gasteiger partial charge on any atom is 0.379 e. The molecule has 6 nitrogen and oxygen atoms in total. The van der Waals surface area contributed by atoms with Crippen LogP contribution < -0.4 is 23.7 Å². The van der Waals surface area contributed by atoms with E-state index in [1.165, 1.54) is 6.20 Å². The molecule has 2 aromatic rings. The Bertz CT molecular complexity index is 617. The highest BCUT2D eigenvalue weighted by atomic mass is 16.7. The Morgan fingerprint density at radius 3 is 2.81 bits per heavy atom. The second kappa shape index (κ2) is 6.21. The van der Waals surface area contributed by atoms with Gasteiger partial charge in [-0.25, -0.2) is 0 Å². The highest BCUT2D eigenvalue weighted by Gasteiger charge is 2.13. The quantitative estimate of drug-likeness (QED) is 0.461. The molecule has 0 aliphatic carbocycles. The van der Waals surface area contributed by atoms with Gasteiger partial charge in [0.25, 0.3) is 0 Å². The number of hydrogen-bond acceptors (Lipinski definition) is 5. The van der Waals surface area contributed by atoms with Crippen LogP contribution in [0.1, 0.15) is 6.42 Å². The minimum absolute atomic E-state index is 0.249. The van der Waals surface area contributed by atoms with Gasteiger partial charge in [0.2, 0.25) is 6.79 Å². The van der Waals surface area contributed by atoms with Crippen LogP contribution in [0.3, 0.4) is 0 Å². The zero-order chi connectivity index (χ0) is 14.5. The first kappa shape index (κ1) is 13.4. The molecule has 1 aromatic carbocycles. The third-order valence-electron chi connectivity index (χ3n) is 2.94. The van der Waals surface area contributed by atoms with Gasteiger partial charge in [0, 0.05) is 18.6 Å². The van der Waals surface area contributed by atoms with E-state index >= 15 is 0 Å². The number of hydrogen-bond donors (Lipinski definition) is 0. The summed E-state index contributed by atoms with van der Waals surface area (Å²) in [7, 11) is 0. The number of pyridine rings is 1. The topological polar surface area (TPSA) is 63.9 Å². The minimum atomic E-state index is 0.249. The summed E-state index contributed by atoms with van der Waals surface area (Å²) in [4.78, 5) is 0. The molecule has 0 amide bonds. The molecule has 0 saturated carbocycles. The van der Waals surface area contributed by atoms with Crippen LogP contribution in [0.25, 0.3) is 0 Å². The predicted octanol–water partition coefficient (Wildman–Crippen LogP) is 1.90. The zero-order valence-corrected chi connectivity index (χ0v) is 11.4. The standard InChI is InChI=1S/C15H15NO5/c17-16-7-2-1-4-15(16)19-9-3-8-18-12-5-6-13-14(10-12)21-11-20-13/h1-2,4-7,10H,3,8-9,11H2. The van der Waals surface area contributed by atoms with E-state index < -0.39 is 0 Å². The maximum atomic E-state index is 11.3. The van der Waals surface area contributed by atoms with Crippen LogP contribution in [0.4, 0.5) is 0 Å². The van der Waals surface area contributed by atoms with E-state index in [0.717, 1.165) is 11.5 Å². The molecule has 0 radical (unpaired) electrons. The van der Waals surface area contributed by atoms with Crippen molar-refractivity contribution in [3.63, 3.8) is 0 Å². The predicted molar refractivity (Wildman–Crippen MR) is 73.6 cm³/mol. The number of ether oxygens (including phenoxy) is 4. The summed E-state index contributed by atoms with van der Waals surface area (Å²) in [6.45, 7) is 1.15. The molecule has 0 saturated heterocycles. The molecule has 21 heavy (non-hydrogen) atoms. The molecular formula is C15H15NO5. The molecule has 1 aliphatic rings. The number of nitrogens with zero attached hydrogens (tertiary/aromatic N) is 1. The molecule has 1 aliphatic heterocycles. The minimum Gasteiger partial charge on any atom is -0.616 e. The smallest absolute Gasteiger partial charge is 0.379 e. The van der Waals surface area contributed by atoms with Gasteiger partial charge in [-0.05, 0) is 18.2 Å². The first-order valence-corrected chi connectivity index (χ1v) is 6.66. The largest absolute Gasteiger partial charge is 0.616 e. The molecule has 3 rings (SSSR count).